The van der Waals surface area contributed by atoms with Crippen molar-refractivity contribution < 1.29 is 21.7 Å². The molecule has 8 heteroatoms. The van der Waals surface area contributed by atoms with E-state index in [2.05, 4.69) is 33.4 Å². The number of hydrogen-bond acceptors (Lipinski definition) is 1. The Morgan fingerprint density at radius 3 is 2.31 bits per heavy atom. The first-order valence-corrected chi connectivity index (χ1v) is 12.3. The van der Waals surface area contributed by atoms with Crippen molar-refractivity contribution in [3.8, 4) is 0 Å². The average Bonchev–Trinajstić information content (AvgIpc) is 3.26. The number of nitrogens with zero attached hydrogens (tertiary/aromatic N) is 2. The molecule has 0 bridgehead atoms. The monoisotopic (exact) mass is 566 g/mol. The fraction of sp³-hybridized carbons (Fsp3) is 0.148. The lowest BCUT2D eigenvalue weighted by molar-refractivity contribution is -0.686. The number of imidazole rings is 1. The van der Waals surface area contributed by atoms with E-state index in [-0.39, 0.29) is 18.5 Å². The molecule has 0 fully saturated rings. The highest BCUT2D eigenvalue weighted by Crippen LogP contribution is 2.31. The molecule has 4 rings (SSSR count). The molecule has 3 nitrogen and oxygen atoms in total. The van der Waals surface area contributed by atoms with E-state index in [0.29, 0.717) is 33.2 Å². The van der Waals surface area contributed by atoms with Crippen molar-refractivity contribution in [1.82, 2.24) is 4.57 Å². The van der Waals surface area contributed by atoms with Gasteiger partial charge < -0.3 is 17.1 Å². The molecule has 1 heterocycles. The van der Waals surface area contributed by atoms with Crippen LogP contribution in [-0.4, -0.2) is 4.57 Å². The molecule has 35 heavy (non-hydrogen) atoms. The Bertz CT molecular complexity index is 1270. The van der Waals surface area contributed by atoms with E-state index in [0.717, 1.165) is 17.7 Å². The Morgan fingerprint density at radius 1 is 0.886 bits per heavy atom. The van der Waals surface area contributed by atoms with E-state index in [4.69, 9.17) is 51.1 Å². The van der Waals surface area contributed by atoms with Gasteiger partial charge in [0.1, 0.15) is 31.6 Å². The summed E-state index contributed by atoms with van der Waals surface area (Å²) in [4.78, 5) is 0. The standard InChI is InChI=1S/C27H23Cl4N2O.ClH/c28-22-9-8-21(25(30)15-22)18-34-27(24-11-10-23(29)16-26(24)31)17-33-14-13-32(19-33)12-4-7-20-5-2-1-3-6-20;/h1-11,13-16,19,27H,12,17-18H2;1H/q+1;/p-1/b7-4+;. The van der Waals surface area contributed by atoms with Crippen molar-refractivity contribution >= 4 is 52.5 Å². The number of rotatable bonds is 9. The van der Waals surface area contributed by atoms with Gasteiger partial charge in [-0.3, -0.25) is 0 Å². The van der Waals surface area contributed by atoms with Crippen molar-refractivity contribution in [2.75, 3.05) is 0 Å². The fourth-order valence-corrected chi connectivity index (χ4v) is 4.55. The highest BCUT2D eigenvalue weighted by molar-refractivity contribution is 6.35. The van der Waals surface area contributed by atoms with Gasteiger partial charge >= 0.3 is 0 Å². The molecule has 0 aliphatic carbocycles. The molecule has 1 aromatic heterocycles. The maximum atomic E-state index is 6.52. The van der Waals surface area contributed by atoms with Gasteiger partial charge in [0.05, 0.1) is 6.61 Å². The number of halogens is 5. The van der Waals surface area contributed by atoms with Crippen molar-refractivity contribution in [3.63, 3.8) is 0 Å². The van der Waals surface area contributed by atoms with Crippen LogP contribution in [0, 0.1) is 0 Å². The summed E-state index contributed by atoms with van der Waals surface area (Å²) in [6, 6.07) is 21.1. The number of benzene rings is 3. The summed E-state index contributed by atoms with van der Waals surface area (Å²) in [6.07, 6.45) is 10.0. The highest BCUT2D eigenvalue weighted by atomic mass is 35.5. The van der Waals surface area contributed by atoms with E-state index in [1.807, 2.05) is 55.1 Å². The zero-order valence-electron chi connectivity index (χ0n) is 18.6. The van der Waals surface area contributed by atoms with E-state index in [1.54, 1.807) is 18.2 Å². The van der Waals surface area contributed by atoms with Crippen LogP contribution in [0.25, 0.3) is 6.08 Å². The summed E-state index contributed by atoms with van der Waals surface area (Å²) in [5.74, 6) is 0. The molecule has 0 saturated heterocycles. The van der Waals surface area contributed by atoms with E-state index in [1.165, 1.54) is 5.56 Å². The summed E-state index contributed by atoms with van der Waals surface area (Å²) in [5, 5.41) is 2.30. The van der Waals surface area contributed by atoms with Gasteiger partial charge in [0.25, 0.3) is 0 Å². The number of allylic oxidation sites excluding steroid dienone is 1. The fourth-order valence-electron chi connectivity index (χ4n) is 3.55. The van der Waals surface area contributed by atoms with Gasteiger partial charge in [-0.2, -0.15) is 0 Å². The molecule has 0 N–H and O–H groups in total. The Balaban J connectivity index is 0.00000342. The summed E-state index contributed by atoms with van der Waals surface area (Å²) in [7, 11) is 0. The van der Waals surface area contributed by atoms with Crippen LogP contribution in [0.5, 0.6) is 0 Å². The molecule has 1 atom stereocenters. The van der Waals surface area contributed by atoms with E-state index < -0.39 is 0 Å². The molecule has 3 aromatic carbocycles. The second kappa shape index (κ2) is 13.4. The van der Waals surface area contributed by atoms with Gasteiger partial charge in [-0.25, -0.2) is 9.13 Å². The first-order chi connectivity index (χ1) is 16.5. The lowest BCUT2D eigenvalue weighted by atomic mass is 10.1. The predicted molar refractivity (Wildman–Crippen MR) is 141 cm³/mol. The van der Waals surface area contributed by atoms with Gasteiger partial charge in [0, 0.05) is 25.7 Å². The molecular weight excluding hydrogens is 546 g/mol. The summed E-state index contributed by atoms with van der Waals surface area (Å²) < 4.78 is 10.5. The normalized spacial score (nSPS) is 12.0. The highest BCUT2D eigenvalue weighted by Gasteiger charge is 2.20. The van der Waals surface area contributed by atoms with Crippen LogP contribution in [0.15, 0.2) is 91.5 Å². The van der Waals surface area contributed by atoms with Crippen LogP contribution in [0.1, 0.15) is 22.8 Å². The van der Waals surface area contributed by atoms with Gasteiger partial charge in [-0.05, 0) is 41.5 Å². The molecule has 0 spiro atoms. The number of hydrogen-bond donors (Lipinski definition) is 0. The molecular formula is C27H23Cl5N2O. The smallest absolute Gasteiger partial charge is 0.244 e. The van der Waals surface area contributed by atoms with Gasteiger partial charge in [0.15, 0.2) is 0 Å². The third kappa shape index (κ3) is 8.01. The van der Waals surface area contributed by atoms with Crippen LogP contribution in [0.4, 0.5) is 0 Å². The minimum absolute atomic E-state index is 0. The molecule has 0 radical (unpaired) electrons. The van der Waals surface area contributed by atoms with Crippen molar-refractivity contribution in [2.24, 2.45) is 0 Å². The van der Waals surface area contributed by atoms with Crippen LogP contribution >= 0.6 is 46.4 Å². The van der Waals surface area contributed by atoms with Crippen LogP contribution < -0.4 is 17.0 Å². The van der Waals surface area contributed by atoms with Crippen LogP contribution in [-0.2, 0) is 24.4 Å². The topological polar surface area (TPSA) is 18.0 Å². The average molecular weight is 569 g/mol. The predicted octanol–water partition coefficient (Wildman–Crippen LogP) is 5.06. The Morgan fingerprint density at radius 2 is 1.60 bits per heavy atom. The summed E-state index contributed by atoms with van der Waals surface area (Å²) >= 11 is 25.0. The number of ether oxygens (including phenoxy) is 1. The molecule has 182 valence electrons. The lowest BCUT2D eigenvalue weighted by Gasteiger charge is -2.19. The Hall–Kier alpha value is -1.98. The van der Waals surface area contributed by atoms with Gasteiger partial charge in [0.2, 0.25) is 6.33 Å². The first kappa shape index (κ1) is 27.6. The summed E-state index contributed by atoms with van der Waals surface area (Å²) in [6.45, 7) is 1.65. The second-order valence-corrected chi connectivity index (χ2v) is 9.51. The zero-order valence-corrected chi connectivity index (χ0v) is 22.4. The molecule has 0 aliphatic rings. The Labute approximate surface area is 231 Å². The molecule has 4 aromatic rings. The quantitative estimate of drug-likeness (QED) is 0.258. The minimum Gasteiger partial charge on any atom is -1.00 e. The molecule has 1 unspecified atom stereocenters. The van der Waals surface area contributed by atoms with Crippen LogP contribution in [0.3, 0.4) is 0 Å². The Kier molecular flexibility index (Phi) is 10.5. The molecule has 0 aliphatic heterocycles. The summed E-state index contributed by atoms with van der Waals surface area (Å²) in [5.41, 5.74) is 2.89. The van der Waals surface area contributed by atoms with E-state index in [9.17, 15) is 0 Å². The van der Waals surface area contributed by atoms with Crippen molar-refractivity contribution in [3.05, 3.63) is 128 Å². The van der Waals surface area contributed by atoms with Gasteiger partial charge in [-0.1, -0.05) is 94.9 Å². The van der Waals surface area contributed by atoms with Crippen molar-refractivity contribution in [2.45, 2.75) is 25.8 Å². The minimum atomic E-state index is -0.308. The van der Waals surface area contributed by atoms with Gasteiger partial charge in [-0.15, -0.1) is 0 Å². The van der Waals surface area contributed by atoms with Crippen LogP contribution in [0.2, 0.25) is 20.1 Å². The zero-order chi connectivity index (χ0) is 23.9. The third-order valence-corrected chi connectivity index (χ3v) is 6.46. The lowest BCUT2D eigenvalue weighted by Crippen LogP contribution is -3.00. The maximum absolute atomic E-state index is 6.52. The first-order valence-electron chi connectivity index (χ1n) is 10.7. The van der Waals surface area contributed by atoms with E-state index >= 15 is 0 Å². The van der Waals surface area contributed by atoms with Crippen molar-refractivity contribution in [1.29, 1.82) is 0 Å². The molecule has 0 amide bonds. The SMILES string of the molecule is Clc1ccc(COC(Cn2cc[n+](C/C=C/c3ccccc3)c2)c2ccc(Cl)cc2Cl)c(Cl)c1.[Cl-]. The number of aromatic nitrogens is 2. The maximum Gasteiger partial charge on any atom is 0.244 e. The second-order valence-electron chi connectivity index (χ2n) is 7.82. The third-order valence-electron chi connectivity index (χ3n) is 5.31. The molecule has 0 saturated carbocycles. The largest absolute Gasteiger partial charge is 1.00 e.